The van der Waals surface area contributed by atoms with Crippen molar-refractivity contribution in [3.8, 4) is 5.75 Å². The van der Waals surface area contributed by atoms with Gasteiger partial charge in [-0.2, -0.15) is 0 Å². The molecule has 0 saturated carbocycles. The quantitative estimate of drug-likeness (QED) is 0.430. The van der Waals surface area contributed by atoms with Crippen molar-refractivity contribution < 1.29 is 31.6 Å². The molecule has 0 aliphatic carbocycles. The summed E-state index contributed by atoms with van der Waals surface area (Å²) in [7, 11) is -3.94. The Morgan fingerprint density at radius 3 is 2.39 bits per heavy atom. The number of ether oxygens (including phenoxy) is 1. The van der Waals surface area contributed by atoms with Gasteiger partial charge in [-0.3, -0.25) is 20.4 Å². The summed E-state index contributed by atoms with van der Waals surface area (Å²) in [6.07, 6.45) is 0. The first-order valence-corrected chi connectivity index (χ1v) is 11.3. The van der Waals surface area contributed by atoms with E-state index in [9.17, 15) is 22.4 Å². The third-order valence-corrected chi connectivity index (χ3v) is 5.84. The summed E-state index contributed by atoms with van der Waals surface area (Å²) in [5.41, 5.74) is 3.58. The Morgan fingerprint density at radius 2 is 1.70 bits per heavy atom. The van der Waals surface area contributed by atoms with Crippen molar-refractivity contribution in [3.63, 3.8) is 0 Å². The SMILES string of the molecule is CC(C)NS(=O)(=O)c1ccc(F)c(C(=O)NNC(=O)c2ccc(COc3ccccc3)o2)c1. The van der Waals surface area contributed by atoms with Gasteiger partial charge in [0.05, 0.1) is 10.5 Å². The van der Waals surface area contributed by atoms with Crippen molar-refractivity contribution in [1.29, 1.82) is 0 Å². The van der Waals surface area contributed by atoms with Crippen LogP contribution < -0.4 is 20.3 Å². The van der Waals surface area contributed by atoms with E-state index in [0.29, 0.717) is 11.5 Å². The predicted octanol–water partition coefficient (Wildman–Crippen LogP) is 2.76. The summed E-state index contributed by atoms with van der Waals surface area (Å²) in [5.74, 6) is -1.90. The third kappa shape index (κ3) is 6.40. The van der Waals surface area contributed by atoms with Crippen molar-refractivity contribution in [2.75, 3.05) is 0 Å². The first kappa shape index (κ1) is 24.0. The normalized spacial score (nSPS) is 11.3. The van der Waals surface area contributed by atoms with Gasteiger partial charge in [-0.05, 0) is 56.3 Å². The van der Waals surface area contributed by atoms with Gasteiger partial charge in [0.1, 0.15) is 23.9 Å². The summed E-state index contributed by atoms with van der Waals surface area (Å²) in [6, 6.07) is 14.3. The number of hydrogen-bond donors (Lipinski definition) is 3. The first-order chi connectivity index (χ1) is 15.7. The Balaban J connectivity index is 1.61. The minimum atomic E-state index is -3.94. The van der Waals surface area contributed by atoms with Gasteiger partial charge >= 0.3 is 5.91 Å². The van der Waals surface area contributed by atoms with E-state index in [-0.39, 0.29) is 17.3 Å². The van der Waals surface area contributed by atoms with Crippen molar-refractivity contribution in [2.45, 2.75) is 31.4 Å². The molecule has 11 heteroatoms. The lowest BCUT2D eigenvalue weighted by Crippen LogP contribution is -2.42. The zero-order valence-corrected chi connectivity index (χ0v) is 18.6. The Labute approximate surface area is 190 Å². The van der Waals surface area contributed by atoms with E-state index in [1.807, 2.05) is 23.6 Å². The monoisotopic (exact) mass is 475 g/mol. The van der Waals surface area contributed by atoms with Crippen LogP contribution >= 0.6 is 0 Å². The summed E-state index contributed by atoms with van der Waals surface area (Å²) in [4.78, 5) is 24.3. The molecule has 33 heavy (non-hydrogen) atoms. The van der Waals surface area contributed by atoms with Crippen LogP contribution in [0.5, 0.6) is 5.75 Å². The molecule has 0 radical (unpaired) electrons. The molecule has 0 bridgehead atoms. The van der Waals surface area contributed by atoms with Crippen LogP contribution in [0.3, 0.4) is 0 Å². The molecule has 3 N–H and O–H groups in total. The minimum absolute atomic E-state index is 0.0839. The molecule has 0 fully saturated rings. The lowest BCUT2D eigenvalue weighted by molar-refractivity contribution is 0.0826. The first-order valence-electron chi connectivity index (χ1n) is 9.85. The van der Waals surface area contributed by atoms with Crippen LogP contribution in [0.1, 0.15) is 40.5 Å². The fourth-order valence-electron chi connectivity index (χ4n) is 2.72. The predicted molar refractivity (Wildman–Crippen MR) is 116 cm³/mol. The Kier molecular flexibility index (Phi) is 7.46. The minimum Gasteiger partial charge on any atom is -0.486 e. The maximum Gasteiger partial charge on any atom is 0.305 e. The molecule has 0 saturated heterocycles. The molecule has 0 unspecified atom stereocenters. The number of carbonyl (C=O) groups excluding carboxylic acids is 2. The van der Waals surface area contributed by atoms with Crippen LogP contribution in [0, 0.1) is 5.82 Å². The molecule has 1 aromatic heterocycles. The van der Waals surface area contributed by atoms with Crippen LogP contribution in [0.2, 0.25) is 0 Å². The Bertz CT molecular complexity index is 1240. The molecule has 3 aromatic rings. The van der Waals surface area contributed by atoms with Crippen LogP contribution in [0.15, 0.2) is 70.0 Å². The highest BCUT2D eigenvalue weighted by Gasteiger charge is 2.21. The number of amides is 2. The highest BCUT2D eigenvalue weighted by Crippen LogP contribution is 2.16. The number of hydrazine groups is 1. The number of halogens is 1. The molecule has 0 aliphatic heterocycles. The number of para-hydroxylation sites is 1. The van der Waals surface area contributed by atoms with Gasteiger partial charge in [0.15, 0.2) is 5.76 Å². The second-order valence-corrected chi connectivity index (χ2v) is 8.91. The molecule has 0 aliphatic rings. The van der Waals surface area contributed by atoms with Gasteiger partial charge in [0.2, 0.25) is 10.0 Å². The molecule has 0 atom stereocenters. The van der Waals surface area contributed by atoms with Crippen LogP contribution in [-0.2, 0) is 16.6 Å². The van der Waals surface area contributed by atoms with Gasteiger partial charge in [0, 0.05) is 6.04 Å². The molecule has 2 amide bonds. The Morgan fingerprint density at radius 1 is 1.00 bits per heavy atom. The zero-order valence-electron chi connectivity index (χ0n) is 17.8. The topological polar surface area (TPSA) is 127 Å². The largest absolute Gasteiger partial charge is 0.486 e. The van der Waals surface area contributed by atoms with Gasteiger partial charge in [-0.15, -0.1) is 0 Å². The highest BCUT2D eigenvalue weighted by molar-refractivity contribution is 7.89. The fraction of sp³-hybridized carbons (Fsp3) is 0.182. The second-order valence-electron chi connectivity index (χ2n) is 7.19. The average Bonchev–Trinajstić information content (AvgIpc) is 3.25. The molecule has 1 heterocycles. The number of carbonyl (C=O) groups is 2. The van der Waals surface area contributed by atoms with Crippen molar-refractivity contribution >= 4 is 21.8 Å². The summed E-state index contributed by atoms with van der Waals surface area (Å²) >= 11 is 0. The molecular formula is C22H22FN3O6S. The van der Waals surface area contributed by atoms with Crippen LogP contribution in [0.25, 0.3) is 0 Å². The third-order valence-electron chi connectivity index (χ3n) is 4.18. The second kappa shape index (κ2) is 10.3. The van der Waals surface area contributed by atoms with E-state index >= 15 is 0 Å². The zero-order chi connectivity index (χ0) is 24.0. The number of benzene rings is 2. The summed E-state index contributed by atoms with van der Waals surface area (Å²) in [5, 5.41) is 0. The Hall–Kier alpha value is -3.70. The van der Waals surface area contributed by atoms with Gasteiger partial charge < -0.3 is 9.15 Å². The van der Waals surface area contributed by atoms with Gasteiger partial charge in [0.25, 0.3) is 5.91 Å². The van der Waals surface area contributed by atoms with Crippen molar-refractivity contribution in [1.82, 2.24) is 15.6 Å². The molecular weight excluding hydrogens is 453 g/mol. The summed E-state index contributed by atoms with van der Waals surface area (Å²) < 4.78 is 51.9. The van der Waals surface area contributed by atoms with E-state index in [2.05, 4.69) is 10.1 Å². The number of nitrogens with one attached hydrogen (secondary N) is 3. The van der Waals surface area contributed by atoms with E-state index in [1.54, 1.807) is 26.0 Å². The van der Waals surface area contributed by atoms with E-state index < -0.39 is 39.3 Å². The smallest absolute Gasteiger partial charge is 0.305 e. The lowest BCUT2D eigenvalue weighted by Gasteiger charge is -2.11. The molecule has 2 aromatic carbocycles. The maximum absolute atomic E-state index is 14.1. The lowest BCUT2D eigenvalue weighted by atomic mass is 10.2. The van der Waals surface area contributed by atoms with Gasteiger partial charge in [-0.25, -0.2) is 17.5 Å². The van der Waals surface area contributed by atoms with E-state index in [4.69, 9.17) is 9.15 Å². The number of sulfonamides is 1. The van der Waals surface area contributed by atoms with Gasteiger partial charge in [-0.1, -0.05) is 18.2 Å². The fourth-order valence-corrected chi connectivity index (χ4v) is 3.99. The molecule has 9 nitrogen and oxygen atoms in total. The molecule has 0 spiro atoms. The maximum atomic E-state index is 14.1. The number of rotatable bonds is 8. The molecule has 174 valence electrons. The van der Waals surface area contributed by atoms with Crippen LogP contribution in [-0.4, -0.2) is 26.3 Å². The van der Waals surface area contributed by atoms with Crippen LogP contribution in [0.4, 0.5) is 4.39 Å². The average molecular weight is 475 g/mol. The molecule has 3 rings (SSSR count). The summed E-state index contributed by atoms with van der Waals surface area (Å²) in [6.45, 7) is 3.33. The van der Waals surface area contributed by atoms with Crippen molar-refractivity contribution in [3.05, 3.63) is 83.6 Å². The number of hydrogen-bond acceptors (Lipinski definition) is 6. The van der Waals surface area contributed by atoms with E-state index in [0.717, 1.165) is 18.2 Å². The number of furan rings is 1. The van der Waals surface area contributed by atoms with Crippen molar-refractivity contribution in [2.24, 2.45) is 0 Å². The van der Waals surface area contributed by atoms with E-state index in [1.165, 1.54) is 12.1 Å². The highest BCUT2D eigenvalue weighted by atomic mass is 32.2. The standard InChI is InChI=1S/C22H22FN3O6S/c1-14(2)26-33(29,30)17-9-10-19(23)18(12-17)21(27)24-25-22(28)20-11-8-16(32-20)13-31-15-6-4-3-5-7-15/h3-12,14,26H,13H2,1-2H3,(H,24,27)(H,25,28).